The minimum atomic E-state index is -0.710. The number of ether oxygens (including phenoxy) is 27. The number of amides is 6. The number of hydrogen-bond donors (Lipinski definition) is 6. The fourth-order valence-corrected chi connectivity index (χ4v) is 14.7. The van der Waals surface area contributed by atoms with Crippen molar-refractivity contribution in [2.24, 2.45) is 22.0 Å². The molecule has 1 fully saturated rings. The van der Waals surface area contributed by atoms with Gasteiger partial charge in [0.15, 0.2) is 36.2 Å². The molecule has 0 bridgehead atoms. The summed E-state index contributed by atoms with van der Waals surface area (Å²) in [7, 11) is 6.29. The minimum Gasteiger partial charge on any atom is -0.493 e. The van der Waals surface area contributed by atoms with E-state index in [1.54, 1.807) is 61.3 Å². The second-order valence-corrected chi connectivity index (χ2v) is 33.3. The third-order valence-electron chi connectivity index (χ3n) is 21.6. The number of fused-ring (bicyclic) bond motifs is 12. The van der Waals surface area contributed by atoms with Gasteiger partial charge in [-0.25, -0.2) is 21.3 Å². The lowest BCUT2D eigenvalue weighted by Gasteiger charge is -2.39. The van der Waals surface area contributed by atoms with E-state index in [2.05, 4.69) is 34.1 Å². The second-order valence-electron chi connectivity index (χ2n) is 33.3. The molecule has 4 aromatic rings. The molecule has 6 amide bonds. The molecule has 148 heavy (non-hydrogen) atoms. The largest absolute Gasteiger partial charge is 0.493 e. The topological polar surface area (TPSA) is 525 Å². The highest BCUT2D eigenvalue weighted by atomic mass is 16.7. The van der Waals surface area contributed by atoms with Crippen molar-refractivity contribution in [1.29, 1.82) is 0 Å². The van der Waals surface area contributed by atoms with Gasteiger partial charge in [-0.3, -0.25) is 34.8 Å². The fourth-order valence-electron chi connectivity index (χ4n) is 14.7. The molecule has 11 rings (SSSR count). The Morgan fingerprint density at radius 3 is 1.00 bits per heavy atom. The molecular formula is C102H161N9O37. The molecule has 0 unspecified atom stereocenters. The molecule has 0 aliphatic carbocycles. The highest BCUT2D eigenvalue weighted by Crippen LogP contribution is 2.53. The SMILES string of the molecule is C.C.C.C.C.C=C(C)[C@H]1Cc2c(ccc3c2O[C@@H]2COc4cc(OC)c(OC)cc4[C@@H]2/C3=N/OCC(=O)NCCOCCOCCOCCOCCOCCOCCOCCOCCC(=O)NN)O1.C=C(C)[C@H]1Cc2c(ccc3c2O[C@@H]2COc4cc(OC)c(OC)cc4[C@@H]2/C3=N/OCC(=O)NCCOCCOCCOCCOCCOCCOCCOCCOCCC(=O)ON2C(=O)CCC2=O)O1.CC(C)(C)OC(=O)NN. The quantitative estimate of drug-likeness (QED) is 0.00610. The van der Waals surface area contributed by atoms with Crippen molar-refractivity contribution in [3.63, 3.8) is 0 Å². The Balaban J connectivity index is 0.000000552. The summed E-state index contributed by atoms with van der Waals surface area (Å²) in [4.78, 5) is 97.7. The zero-order chi connectivity index (χ0) is 102. The highest BCUT2D eigenvalue weighted by Gasteiger charge is 2.48. The van der Waals surface area contributed by atoms with Gasteiger partial charge in [-0.2, -0.15) is 0 Å². The lowest BCUT2D eigenvalue weighted by molar-refractivity contribution is -0.198. The summed E-state index contributed by atoms with van der Waals surface area (Å²) in [6.07, 6.45) is -0.358. The van der Waals surface area contributed by atoms with Gasteiger partial charge >= 0.3 is 12.1 Å². The summed E-state index contributed by atoms with van der Waals surface area (Å²) >= 11 is 0. The molecule has 7 heterocycles. The van der Waals surface area contributed by atoms with Gasteiger partial charge < -0.3 is 153 Å². The lowest BCUT2D eigenvalue weighted by Crippen LogP contribution is -2.43. The van der Waals surface area contributed by atoms with Crippen LogP contribution in [0.2, 0.25) is 0 Å². The number of carbonyl (C=O) groups is 7. The predicted octanol–water partition coefficient (Wildman–Crippen LogP) is 7.92. The van der Waals surface area contributed by atoms with E-state index in [0.29, 0.717) is 273 Å². The normalized spacial score (nSPS) is 16.8. The number of nitrogens with two attached hydrogens (primary N) is 2. The summed E-state index contributed by atoms with van der Waals surface area (Å²) in [6, 6.07) is 14.9. The number of imide groups is 1. The van der Waals surface area contributed by atoms with Crippen LogP contribution in [0.4, 0.5) is 4.79 Å². The average Bonchev–Trinajstić information content (AvgIpc) is 1.57. The van der Waals surface area contributed by atoms with Gasteiger partial charge in [0.25, 0.3) is 23.6 Å². The third kappa shape index (κ3) is 43.8. The molecule has 4 aromatic carbocycles. The molecule has 0 radical (unpaired) electrons. The van der Waals surface area contributed by atoms with Crippen LogP contribution in [0.3, 0.4) is 0 Å². The molecule has 0 saturated carbocycles. The molecule has 46 heteroatoms. The molecule has 1 saturated heterocycles. The van der Waals surface area contributed by atoms with Crippen LogP contribution < -0.4 is 80.5 Å². The predicted molar refractivity (Wildman–Crippen MR) is 543 cm³/mol. The van der Waals surface area contributed by atoms with Crippen LogP contribution in [0.15, 0.2) is 83.1 Å². The number of hydroxylamine groups is 2. The first-order valence-corrected chi connectivity index (χ1v) is 47.5. The number of benzene rings is 4. The smallest absolute Gasteiger partial charge is 0.421 e. The maximum absolute atomic E-state index is 12.8. The highest BCUT2D eigenvalue weighted by molar-refractivity contribution is 6.10. The van der Waals surface area contributed by atoms with Crippen molar-refractivity contribution >= 4 is 53.0 Å². The number of hydrazine groups is 2. The summed E-state index contributed by atoms with van der Waals surface area (Å²) in [5.74, 6) is 12.4. The van der Waals surface area contributed by atoms with Crippen LogP contribution >= 0.6 is 0 Å². The van der Waals surface area contributed by atoms with Crippen LogP contribution in [-0.2, 0) is 137 Å². The van der Waals surface area contributed by atoms with Crippen LogP contribution in [0.1, 0.15) is 143 Å². The maximum Gasteiger partial charge on any atom is 0.421 e. The molecule has 46 nitrogen and oxygen atoms in total. The van der Waals surface area contributed by atoms with Crippen LogP contribution in [0.25, 0.3) is 0 Å². The van der Waals surface area contributed by atoms with Gasteiger partial charge in [0.2, 0.25) is 5.91 Å². The van der Waals surface area contributed by atoms with Crippen molar-refractivity contribution in [1.82, 2.24) is 26.5 Å². The summed E-state index contributed by atoms with van der Waals surface area (Å²) < 4.78 is 152. The first kappa shape index (κ1) is 129. The van der Waals surface area contributed by atoms with E-state index in [-0.39, 0.29) is 151 Å². The first-order chi connectivity index (χ1) is 69.5. The Bertz CT molecular complexity index is 4680. The van der Waals surface area contributed by atoms with Crippen molar-refractivity contribution in [3.8, 4) is 57.5 Å². The van der Waals surface area contributed by atoms with E-state index in [1.807, 2.05) is 61.1 Å². The van der Waals surface area contributed by atoms with Gasteiger partial charge in [-0.15, -0.1) is 5.06 Å². The third-order valence-corrected chi connectivity index (χ3v) is 21.6. The van der Waals surface area contributed by atoms with Crippen LogP contribution in [-0.4, -0.2) is 367 Å². The fraction of sp³-hybridized carbons (Fsp3) is 0.637. The molecule has 6 atom stereocenters. The number of oxime groups is 2. The second kappa shape index (κ2) is 72.3. The number of carbonyl (C=O) groups excluding carboxylic acids is 7. The summed E-state index contributed by atoms with van der Waals surface area (Å²) in [5, 5.41) is 15.3. The van der Waals surface area contributed by atoms with E-state index in [0.717, 1.165) is 56.0 Å². The zero-order valence-electron chi connectivity index (χ0n) is 83.2. The van der Waals surface area contributed by atoms with Gasteiger partial charge in [-0.05, 0) is 82.2 Å². The number of hydrogen-bond acceptors (Lipinski definition) is 41. The monoisotopic (exact) mass is 2100 g/mol. The van der Waals surface area contributed by atoms with E-state index < -0.39 is 47.6 Å². The molecule has 7 aliphatic heterocycles. The Hall–Kier alpha value is -11.1. The summed E-state index contributed by atoms with van der Waals surface area (Å²) in [6.45, 7) is 30.2. The Morgan fingerprint density at radius 1 is 0.405 bits per heavy atom. The number of methoxy groups -OCH3 is 4. The zero-order valence-corrected chi connectivity index (χ0v) is 83.2. The minimum absolute atomic E-state index is 0. The van der Waals surface area contributed by atoms with Crippen molar-refractivity contribution in [3.05, 3.63) is 106 Å². The van der Waals surface area contributed by atoms with Crippen molar-refractivity contribution < 1.29 is 176 Å². The van der Waals surface area contributed by atoms with Gasteiger partial charge in [-0.1, -0.05) is 60.6 Å². The molecule has 7 aliphatic rings. The van der Waals surface area contributed by atoms with Crippen LogP contribution in [0.5, 0.6) is 57.5 Å². The van der Waals surface area contributed by atoms with Crippen molar-refractivity contribution in [2.45, 2.75) is 152 Å². The average molecular weight is 2110 g/mol. The molecule has 836 valence electrons. The molecular weight excluding hydrogens is 1940 g/mol. The Kier molecular flexibility index (Phi) is 63.1. The van der Waals surface area contributed by atoms with Gasteiger partial charge in [0, 0.05) is 84.3 Å². The maximum atomic E-state index is 12.8. The number of nitrogens with one attached hydrogen (secondary N) is 4. The van der Waals surface area contributed by atoms with E-state index in [1.165, 1.54) is 0 Å². The molecule has 0 spiro atoms. The lowest BCUT2D eigenvalue weighted by atomic mass is 9.80. The Labute approximate surface area is 868 Å². The Morgan fingerprint density at radius 2 is 0.709 bits per heavy atom. The standard InChI is InChI=1S/C48H65N3O19.C44H64N4O16.C5H12N2O2.5CH4/c1-32(2)37-28-35-36(68-37)6-5-33-47(46-34-27-39(56-3)40(57-4)29-38(34)66-30-41(46)69-48(33)35)50-67-31-42(52)49-10-12-59-14-16-61-18-20-63-22-24-65-26-25-64-23-21-62-19-17-60-15-13-58-11-9-45(55)70-51-43(53)7-8-44(51)54;1-30(2)35-26-33-34(63-35)6-5-31-43(42-32-25-37(51-3)38(52-4)27-36(32)61-28-39(42)64-44(31)33)48-62-29-41(50)46-8-10-54-12-14-56-16-18-58-20-22-60-24-23-59-21-19-57-17-15-55-13-11-53-9-7-40(49)47-45;1-5(2,3)9-4(8)7-6;;;;;/h5-6,27,29,37,41,46H,1,7-26,28,30-31H2,2-4H3,(H,49,52);5-6,25,27,35,39,42H,1,7-24,26,28-29,45H2,2-4H3,(H,46,50)(H,47,49);6H2,1-3H3,(H,7,8);5*1H4/b50-47+;48-43+;;;;;;/t37-,41-,46+;35-,39-,42+;;;;;;/m11....../s1. The van der Waals surface area contributed by atoms with E-state index >= 15 is 0 Å². The first-order valence-electron chi connectivity index (χ1n) is 47.5. The molecule has 8 N–H and O–H groups in total. The van der Waals surface area contributed by atoms with E-state index in [9.17, 15) is 33.6 Å². The summed E-state index contributed by atoms with van der Waals surface area (Å²) in [5.41, 5.74) is 11.4. The van der Waals surface area contributed by atoms with E-state index in [4.69, 9.17) is 154 Å². The number of rotatable bonds is 67. The van der Waals surface area contributed by atoms with Crippen LogP contribution in [0, 0.1) is 0 Å². The van der Waals surface area contributed by atoms with Crippen molar-refractivity contribution in [2.75, 3.05) is 279 Å². The number of nitrogens with zero attached hydrogens (tertiary/aromatic N) is 3. The van der Waals surface area contributed by atoms with Gasteiger partial charge in [0.1, 0.15) is 89.2 Å². The molecule has 0 aromatic heterocycles. The van der Waals surface area contributed by atoms with Gasteiger partial charge in [0.05, 0.1) is 265 Å².